The van der Waals surface area contributed by atoms with E-state index in [9.17, 15) is 9.59 Å². The van der Waals surface area contributed by atoms with Crippen molar-refractivity contribution < 1.29 is 19.5 Å². The van der Waals surface area contributed by atoms with E-state index in [2.05, 4.69) is 10.1 Å². The molecule has 1 aliphatic rings. The van der Waals surface area contributed by atoms with E-state index in [0.717, 1.165) is 17.9 Å². The third kappa shape index (κ3) is 6.44. The minimum Gasteiger partial charge on any atom is -0.483 e. The number of aromatic nitrogens is 4. The Morgan fingerprint density at radius 2 is 1.79 bits per heavy atom. The molecule has 0 spiro atoms. The molecule has 0 aromatic carbocycles. The zero-order chi connectivity index (χ0) is 21.2. The molecule has 1 saturated heterocycles. The van der Waals surface area contributed by atoms with Gasteiger partial charge in [-0.1, -0.05) is 0 Å². The highest BCUT2D eigenvalue weighted by atomic mass is 16.3. The van der Waals surface area contributed by atoms with E-state index >= 15 is 0 Å². The molecular formula is C19H28N6O4. The van der Waals surface area contributed by atoms with Crippen LogP contribution >= 0.6 is 0 Å². The summed E-state index contributed by atoms with van der Waals surface area (Å²) < 4.78 is 3.65. The highest BCUT2D eigenvalue weighted by molar-refractivity contribution is 5.78. The lowest BCUT2D eigenvalue weighted by atomic mass is 10.2. The highest BCUT2D eigenvalue weighted by Crippen LogP contribution is 2.09. The molecule has 158 valence electrons. The van der Waals surface area contributed by atoms with E-state index < -0.39 is 0 Å². The molecule has 10 heteroatoms. The summed E-state index contributed by atoms with van der Waals surface area (Å²) in [5.74, 6) is 1.06. The molecule has 1 fully saturated rings. The maximum absolute atomic E-state index is 12.5. The van der Waals surface area contributed by atoms with Gasteiger partial charge in [-0.2, -0.15) is 5.10 Å². The normalized spacial score (nSPS) is 14.0. The van der Waals surface area contributed by atoms with E-state index in [1.54, 1.807) is 17.1 Å². The Bertz CT molecular complexity index is 815. The second kappa shape index (κ2) is 11.0. The molecule has 2 amide bonds. The van der Waals surface area contributed by atoms with E-state index in [-0.39, 0.29) is 18.3 Å². The Balaban J connectivity index is 0.000000941. The molecule has 2 aromatic heterocycles. The maximum atomic E-state index is 12.5. The number of carboxylic acid groups (broad SMARTS) is 1. The van der Waals surface area contributed by atoms with Gasteiger partial charge in [-0.15, -0.1) is 0 Å². The van der Waals surface area contributed by atoms with Crippen LogP contribution in [0.1, 0.15) is 24.4 Å². The monoisotopic (exact) mass is 404 g/mol. The van der Waals surface area contributed by atoms with Crippen LogP contribution in [0.15, 0.2) is 24.7 Å². The quantitative estimate of drug-likeness (QED) is 0.718. The topological polar surface area (TPSA) is 114 Å². The summed E-state index contributed by atoms with van der Waals surface area (Å²) in [6, 6.07) is 1.94. The van der Waals surface area contributed by atoms with Crippen LogP contribution in [-0.2, 0) is 34.4 Å². The van der Waals surface area contributed by atoms with Gasteiger partial charge in [-0.25, -0.2) is 4.98 Å². The lowest BCUT2D eigenvalue weighted by Gasteiger charge is -2.22. The zero-order valence-electron chi connectivity index (χ0n) is 16.9. The van der Waals surface area contributed by atoms with Crippen molar-refractivity contribution in [2.24, 2.45) is 7.05 Å². The first-order valence-corrected chi connectivity index (χ1v) is 9.54. The molecular weight excluding hydrogens is 376 g/mol. The molecule has 0 saturated carbocycles. The molecule has 0 atom stereocenters. The number of aryl methyl sites for hydroxylation is 3. The van der Waals surface area contributed by atoms with Gasteiger partial charge < -0.3 is 19.5 Å². The smallest absolute Gasteiger partial charge is 0.290 e. The Morgan fingerprint density at radius 3 is 2.34 bits per heavy atom. The molecule has 3 heterocycles. The summed E-state index contributed by atoms with van der Waals surface area (Å²) in [5, 5.41) is 11.0. The minimum absolute atomic E-state index is 0.0790. The first-order valence-electron chi connectivity index (χ1n) is 9.54. The number of hydrogen-bond acceptors (Lipinski definition) is 5. The van der Waals surface area contributed by atoms with Gasteiger partial charge in [0, 0.05) is 63.9 Å². The molecule has 1 N–H and O–H groups in total. The fourth-order valence-corrected chi connectivity index (χ4v) is 3.27. The minimum atomic E-state index is -0.250. The van der Waals surface area contributed by atoms with Crippen molar-refractivity contribution in [2.45, 2.75) is 32.7 Å². The molecule has 10 nitrogen and oxygen atoms in total. The van der Waals surface area contributed by atoms with Crippen LogP contribution in [0.3, 0.4) is 0 Å². The first-order chi connectivity index (χ1) is 14.0. The summed E-state index contributed by atoms with van der Waals surface area (Å²) in [6.45, 7) is 4.53. The third-order valence-electron chi connectivity index (χ3n) is 4.95. The van der Waals surface area contributed by atoms with Crippen LogP contribution in [0, 0.1) is 6.92 Å². The number of nitrogens with zero attached hydrogens (tertiary/aromatic N) is 6. The van der Waals surface area contributed by atoms with Crippen LogP contribution < -0.4 is 0 Å². The van der Waals surface area contributed by atoms with Crippen LogP contribution in [0.5, 0.6) is 0 Å². The van der Waals surface area contributed by atoms with Crippen LogP contribution in [0.2, 0.25) is 0 Å². The maximum Gasteiger partial charge on any atom is 0.290 e. The van der Waals surface area contributed by atoms with Crippen LogP contribution in [-0.4, -0.2) is 78.7 Å². The number of carbonyl (C=O) groups is 3. The number of imidazole rings is 1. The van der Waals surface area contributed by atoms with Gasteiger partial charge >= 0.3 is 0 Å². The Kier molecular flexibility index (Phi) is 8.38. The summed E-state index contributed by atoms with van der Waals surface area (Å²) in [4.78, 5) is 41.3. The van der Waals surface area contributed by atoms with E-state index in [1.165, 1.54) is 0 Å². The summed E-state index contributed by atoms with van der Waals surface area (Å²) in [7, 11) is 1.89. The van der Waals surface area contributed by atoms with Gasteiger partial charge in [0.05, 0.1) is 0 Å². The molecule has 3 rings (SSSR count). The van der Waals surface area contributed by atoms with Gasteiger partial charge in [0.15, 0.2) is 0 Å². The Labute approximate surface area is 169 Å². The Morgan fingerprint density at radius 1 is 1.14 bits per heavy atom. The summed E-state index contributed by atoms with van der Waals surface area (Å²) in [6.07, 6.45) is 7.24. The second-order valence-corrected chi connectivity index (χ2v) is 6.77. The largest absolute Gasteiger partial charge is 0.483 e. The fourth-order valence-electron chi connectivity index (χ4n) is 3.27. The predicted molar refractivity (Wildman–Crippen MR) is 105 cm³/mol. The molecule has 1 aliphatic heterocycles. The van der Waals surface area contributed by atoms with Crippen molar-refractivity contribution in [3.8, 4) is 0 Å². The highest BCUT2D eigenvalue weighted by Gasteiger charge is 2.22. The summed E-state index contributed by atoms with van der Waals surface area (Å²) in [5.41, 5.74) is 1.06. The average Bonchev–Trinajstić information content (AvgIpc) is 3.19. The molecule has 0 bridgehead atoms. The SMILES string of the molecule is Cc1nccn1CC(=O)N1CCCN(C(=O)CCc2ccnn2C)CC1.O=CO. The van der Waals surface area contributed by atoms with Crippen molar-refractivity contribution in [3.05, 3.63) is 36.2 Å². The van der Waals surface area contributed by atoms with Gasteiger partial charge in [0.2, 0.25) is 11.8 Å². The first kappa shape index (κ1) is 22.1. The van der Waals surface area contributed by atoms with E-state index in [0.29, 0.717) is 45.6 Å². The van der Waals surface area contributed by atoms with Crippen molar-refractivity contribution in [2.75, 3.05) is 26.2 Å². The van der Waals surface area contributed by atoms with Gasteiger partial charge in [-0.05, 0) is 25.8 Å². The molecule has 2 aromatic rings. The number of carbonyl (C=O) groups excluding carboxylic acids is 2. The van der Waals surface area contributed by atoms with Gasteiger partial charge in [-0.3, -0.25) is 19.1 Å². The number of hydrogen-bond donors (Lipinski definition) is 1. The van der Waals surface area contributed by atoms with Crippen LogP contribution in [0.4, 0.5) is 0 Å². The number of amides is 2. The zero-order valence-corrected chi connectivity index (χ0v) is 16.9. The standard InChI is InChI=1S/C18H26N6O2.CH2O2/c1-15-19-8-11-24(15)14-18(26)23-10-3-9-22(12-13-23)17(25)5-4-16-6-7-20-21(16)2;2-1-3/h6-8,11H,3-5,9-10,12-14H2,1-2H3;1H,(H,2,3). The van der Waals surface area contributed by atoms with Gasteiger partial charge in [0.25, 0.3) is 6.47 Å². The third-order valence-corrected chi connectivity index (χ3v) is 4.95. The Hall–Kier alpha value is -3.17. The van der Waals surface area contributed by atoms with Gasteiger partial charge in [0.1, 0.15) is 12.4 Å². The average molecular weight is 404 g/mol. The van der Waals surface area contributed by atoms with E-state index in [4.69, 9.17) is 9.90 Å². The second-order valence-electron chi connectivity index (χ2n) is 6.77. The number of rotatable bonds is 5. The molecule has 0 aliphatic carbocycles. The molecule has 0 unspecified atom stereocenters. The summed E-state index contributed by atoms with van der Waals surface area (Å²) >= 11 is 0. The lowest BCUT2D eigenvalue weighted by Crippen LogP contribution is -2.38. The fraction of sp³-hybridized carbons (Fsp3) is 0.526. The lowest BCUT2D eigenvalue weighted by molar-refractivity contribution is -0.133. The van der Waals surface area contributed by atoms with Crippen LogP contribution in [0.25, 0.3) is 0 Å². The predicted octanol–water partition coefficient (Wildman–Crippen LogP) is 0.320. The van der Waals surface area contributed by atoms with Crippen molar-refractivity contribution >= 4 is 18.3 Å². The van der Waals surface area contributed by atoms with Crippen molar-refractivity contribution in [1.29, 1.82) is 0 Å². The molecule has 0 radical (unpaired) electrons. The van der Waals surface area contributed by atoms with E-state index in [1.807, 2.05) is 40.6 Å². The van der Waals surface area contributed by atoms with Crippen molar-refractivity contribution in [1.82, 2.24) is 29.1 Å². The van der Waals surface area contributed by atoms with Crippen molar-refractivity contribution in [3.63, 3.8) is 0 Å². The molecule has 29 heavy (non-hydrogen) atoms.